The molecular formula is C46H73O11P. The van der Waals surface area contributed by atoms with Gasteiger partial charge in [0, 0.05) is 12.8 Å². The second-order valence-corrected chi connectivity index (χ2v) is 14.9. The summed E-state index contributed by atoms with van der Waals surface area (Å²) in [5, 5.41) is 28.5. The number of aliphatic hydroxyl groups is 3. The number of ether oxygens (including phenoxy) is 2. The zero-order chi connectivity index (χ0) is 42.8. The molecule has 0 heterocycles. The van der Waals surface area contributed by atoms with Gasteiger partial charge in [0.05, 0.1) is 25.9 Å². The lowest BCUT2D eigenvalue weighted by molar-refractivity contribution is -0.161. The van der Waals surface area contributed by atoms with Crippen LogP contribution in [0.3, 0.4) is 0 Å². The van der Waals surface area contributed by atoms with Gasteiger partial charge in [0.1, 0.15) is 12.7 Å². The summed E-state index contributed by atoms with van der Waals surface area (Å²) in [4.78, 5) is 34.9. The Hall–Kier alpha value is -3.41. The van der Waals surface area contributed by atoms with E-state index in [1.165, 1.54) is 0 Å². The van der Waals surface area contributed by atoms with Crippen molar-refractivity contribution in [2.45, 2.75) is 141 Å². The van der Waals surface area contributed by atoms with Crippen molar-refractivity contribution in [3.63, 3.8) is 0 Å². The second kappa shape index (κ2) is 40.4. The van der Waals surface area contributed by atoms with Crippen LogP contribution in [-0.4, -0.2) is 76.9 Å². The van der Waals surface area contributed by atoms with E-state index in [1.807, 2.05) is 12.2 Å². The summed E-state index contributed by atoms with van der Waals surface area (Å²) in [5.41, 5.74) is 0. The quantitative estimate of drug-likeness (QED) is 0.0155. The number of hydrogen-bond acceptors (Lipinski definition) is 10. The summed E-state index contributed by atoms with van der Waals surface area (Å²) in [6, 6.07) is 0. The SMILES string of the molecule is CC/C=C\C/C=C\C/C=C\C/C=C\C=C/C(O)C/C=C\CCC(=O)OC[C@H](COP(=O)(O)OC[C@@H](O)CO)OC(=O)CCCCCCC/C=C\C/C=C\C/C=C\CC. The maximum Gasteiger partial charge on any atom is 0.472 e. The van der Waals surface area contributed by atoms with E-state index in [-0.39, 0.29) is 12.8 Å². The number of rotatable bonds is 37. The Balaban J connectivity index is 4.58. The average Bonchev–Trinajstić information content (AvgIpc) is 3.21. The Kier molecular flexibility index (Phi) is 38.0. The summed E-state index contributed by atoms with van der Waals surface area (Å²) in [6.07, 6.45) is 46.6. The van der Waals surface area contributed by atoms with Gasteiger partial charge in [-0.3, -0.25) is 18.6 Å². The number of esters is 2. The van der Waals surface area contributed by atoms with E-state index in [0.29, 0.717) is 19.3 Å². The number of phosphoric ester groups is 1. The molecule has 0 radical (unpaired) electrons. The minimum absolute atomic E-state index is 0.0241. The molecule has 4 N–H and O–H groups in total. The van der Waals surface area contributed by atoms with E-state index in [9.17, 15) is 29.3 Å². The number of allylic oxidation sites excluding steroid dienone is 16. The molecule has 0 aliphatic heterocycles. The van der Waals surface area contributed by atoms with Crippen LogP contribution in [0.1, 0.15) is 123 Å². The molecule has 0 saturated carbocycles. The topological polar surface area (TPSA) is 169 Å². The first-order valence-electron chi connectivity index (χ1n) is 21.0. The van der Waals surface area contributed by atoms with Crippen LogP contribution >= 0.6 is 7.82 Å². The molecule has 0 spiro atoms. The van der Waals surface area contributed by atoms with Gasteiger partial charge < -0.3 is 29.7 Å². The molecule has 0 rings (SSSR count). The predicted octanol–water partition coefficient (Wildman–Crippen LogP) is 9.97. The first-order chi connectivity index (χ1) is 28.1. The lowest BCUT2D eigenvalue weighted by Gasteiger charge is -2.20. The fraction of sp³-hybridized carbons (Fsp3) is 0.565. The molecule has 11 nitrogen and oxygen atoms in total. The normalized spacial score (nSPS) is 15.5. The summed E-state index contributed by atoms with van der Waals surface area (Å²) in [6.45, 7) is 1.90. The minimum Gasteiger partial charge on any atom is -0.462 e. The summed E-state index contributed by atoms with van der Waals surface area (Å²) >= 11 is 0. The smallest absolute Gasteiger partial charge is 0.462 e. The predicted molar refractivity (Wildman–Crippen MR) is 234 cm³/mol. The molecule has 0 amide bonds. The van der Waals surface area contributed by atoms with Crippen molar-refractivity contribution in [2.24, 2.45) is 0 Å². The van der Waals surface area contributed by atoms with Crippen LogP contribution in [0.2, 0.25) is 0 Å². The molecule has 2 unspecified atom stereocenters. The Morgan fingerprint density at radius 3 is 1.74 bits per heavy atom. The van der Waals surface area contributed by atoms with Crippen LogP contribution in [0.15, 0.2) is 109 Å². The molecular weight excluding hydrogens is 759 g/mol. The van der Waals surface area contributed by atoms with Gasteiger partial charge in [0.2, 0.25) is 0 Å². The summed E-state index contributed by atoms with van der Waals surface area (Å²) in [7, 11) is -4.67. The highest BCUT2D eigenvalue weighted by Gasteiger charge is 2.27. The van der Waals surface area contributed by atoms with E-state index < -0.39 is 64.5 Å². The van der Waals surface area contributed by atoms with Crippen molar-refractivity contribution in [1.29, 1.82) is 0 Å². The van der Waals surface area contributed by atoms with Crippen molar-refractivity contribution in [3.8, 4) is 0 Å². The Morgan fingerprint density at radius 1 is 0.586 bits per heavy atom. The summed E-state index contributed by atoms with van der Waals surface area (Å²) < 4.78 is 32.5. The third kappa shape index (κ3) is 39.4. The number of aliphatic hydroxyl groups excluding tert-OH is 3. The van der Waals surface area contributed by atoms with Crippen LogP contribution in [0, 0.1) is 0 Å². The molecule has 0 aromatic heterocycles. The first kappa shape index (κ1) is 54.6. The van der Waals surface area contributed by atoms with Crippen LogP contribution < -0.4 is 0 Å². The van der Waals surface area contributed by atoms with Crippen LogP contribution in [-0.2, 0) is 32.7 Å². The molecule has 0 saturated heterocycles. The zero-order valence-corrected chi connectivity index (χ0v) is 36.0. The molecule has 0 fully saturated rings. The van der Waals surface area contributed by atoms with E-state index in [0.717, 1.165) is 77.0 Å². The highest BCUT2D eigenvalue weighted by molar-refractivity contribution is 7.47. The molecule has 328 valence electrons. The van der Waals surface area contributed by atoms with Crippen molar-refractivity contribution < 1.29 is 52.9 Å². The lowest BCUT2D eigenvalue weighted by Crippen LogP contribution is -2.29. The van der Waals surface area contributed by atoms with Gasteiger partial charge >= 0.3 is 19.8 Å². The lowest BCUT2D eigenvalue weighted by atomic mass is 10.1. The molecule has 4 atom stereocenters. The Morgan fingerprint density at radius 2 is 1.12 bits per heavy atom. The Labute approximate surface area is 348 Å². The zero-order valence-electron chi connectivity index (χ0n) is 35.1. The van der Waals surface area contributed by atoms with E-state index >= 15 is 0 Å². The minimum atomic E-state index is -4.67. The van der Waals surface area contributed by atoms with E-state index in [2.05, 4.69) is 91.3 Å². The first-order valence-corrected chi connectivity index (χ1v) is 22.4. The number of unbranched alkanes of at least 4 members (excludes halogenated alkanes) is 5. The standard InChI is InChI=1S/C46H73O11P/c1-3-5-7-9-11-13-15-17-18-20-22-24-26-28-32-37-46(51)57-44(41-56-58(52,53)55-39-43(49)38-47)40-54-45(50)36-33-29-31-35-42(48)34-30-27-25-23-21-19-16-14-12-10-8-6-4-2/h5-8,11-14,17-19,21,25,27,29-31,34,42-44,47-49H,3-4,9-10,15-16,20,22-24,26,28,32-33,35-41H2,1-2H3,(H,52,53)/b7-5-,8-6-,13-11-,14-12-,18-17-,21-19-,27-25-,31-29-,34-30-/t42?,43-,44+/m0/s1. The van der Waals surface area contributed by atoms with Gasteiger partial charge in [-0.15, -0.1) is 0 Å². The maximum absolute atomic E-state index is 12.6. The number of hydrogen-bond donors (Lipinski definition) is 4. The Bertz CT molecular complexity index is 1340. The van der Waals surface area contributed by atoms with Crippen molar-refractivity contribution in [2.75, 3.05) is 26.4 Å². The van der Waals surface area contributed by atoms with Gasteiger partial charge in [-0.1, -0.05) is 142 Å². The molecule has 12 heteroatoms. The van der Waals surface area contributed by atoms with Gasteiger partial charge in [-0.25, -0.2) is 4.57 Å². The van der Waals surface area contributed by atoms with Crippen LogP contribution in [0.4, 0.5) is 0 Å². The molecule has 0 aromatic carbocycles. The van der Waals surface area contributed by atoms with Gasteiger partial charge in [-0.2, -0.15) is 0 Å². The molecule has 0 aliphatic rings. The van der Waals surface area contributed by atoms with Gasteiger partial charge in [-0.05, 0) is 77.0 Å². The number of phosphoric acid groups is 1. The van der Waals surface area contributed by atoms with Crippen LogP contribution in [0.5, 0.6) is 0 Å². The summed E-state index contributed by atoms with van der Waals surface area (Å²) in [5.74, 6) is -1.14. The third-order valence-corrected chi connectivity index (χ3v) is 8.97. The highest BCUT2D eigenvalue weighted by Crippen LogP contribution is 2.43. The van der Waals surface area contributed by atoms with E-state index in [4.69, 9.17) is 19.1 Å². The van der Waals surface area contributed by atoms with Crippen molar-refractivity contribution >= 4 is 19.8 Å². The fourth-order valence-electron chi connectivity index (χ4n) is 4.82. The molecule has 0 bridgehead atoms. The monoisotopic (exact) mass is 832 g/mol. The van der Waals surface area contributed by atoms with Crippen molar-refractivity contribution in [3.05, 3.63) is 109 Å². The average molecular weight is 833 g/mol. The second-order valence-electron chi connectivity index (χ2n) is 13.4. The van der Waals surface area contributed by atoms with Crippen molar-refractivity contribution in [1.82, 2.24) is 0 Å². The number of carbonyl (C=O) groups excluding carboxylic acids is 2. The molecule has 58 heavy (non-hydrogen) atoms. The fourth-order valence-corrected chi connectivity index (χ4v) is 5.61. The highest BCUT2D eigenvalue weighted by atomic mass is 31.2. The largest absolute Gasteiger partial charge is 0.472 e. The third-order valence-electron chi connectivity index (χ3n) is 8.02. The van der Waals surface area contributed by atoms with E-state index in [1.54, 1.807) is 24.3 Å². The molecule has 0 aromatic rings. The van der Waals surface area contributed by atoms with Crippen LogP contribution in [0.25, 0.3) is 0 Å². The molecule has 0 aliphatic carbocycles. The number of carbonyl (C=O) groups is 2. The van der Waals surface area contributed by atoms with Gasteiger partial charge in [0.25, 0.3) is 0 Å². The van der Waals surface area contributed by atoms with Gasteiger partial charge in [0.15, 0.2) is 6.10 Å². The maximum atomic E-state index is 12.6.